The van der Waals surface area contributed by atoms with Crippen LogP contribution in [0.15, 0.2) is 18.2 Å². The van der Waals surface area contributed by atoms with E-state index < -0.39 is 0 Å². The molecule has 0 bridgehead atoms. The third kappa shape index (κ3) is 3.02. The molecule has 100 valence electrons. The number of halogens is 1. The zero-order chi connectivity index (χ0) is 13.1. The van der Waals surface area contributed by atoms with Crippen molar-refractivity contribution >= 4 is 5.69 Å². The first-order chi connectivity index (χ1) is 8.63. The third-order valence-corrected chi connectivity index (χ3v) is 3.84. The number of rotatable bonds is 6. The summed E-state index contributed by atoms with van der Waals surface area (Å²) < 4.78 is 13.9. The summed E-state index contributed by atoms with van der Waals surface area (Å²) in [5, 5.41) is 3.21. The van der Waals surface area contributed by atoms with E-state index in [-0.39, 0.29) is 5.82 Å². The monoisotopic (exact) mass is 250 g/mol. The van der Waals surface area contributed by atoms with Crippen molar-refractivity contribution in [3.8, 4) is 0 Å². The molecule has 1 fully saturated rings. The molecular formula is C15H23FN2. The lowest BCUT2D eigenvalue weighted by molar-refractivity contribution is 0.591. The highest BCUT2D eigenvalue weighted by molar-refractivity contribution is 5.53. The molecule has 0 aromatic heterocycles. The minimum atomic E-state index is -0.107. The average molecular weight is 250 g/mol. The van der Waals surface area contributed by atoms with Crippen molar-refractivity contribution in [2.75, 3.05) is 25.0 Å². The Morgan fingerprint density at radius 1 is 1.44 bits per heavy atom. The molecule has 3 heteroatoms. The summed E-state index contributed by atoms with van der Waals surface area (Å²) in [7, 11) is 2.06. The second kappa shape index (κ2) is 5.70. The molecule has 0 heterocycles. The molecule has 0 radical (unpaired) electrons. The van der Waals surface area contributed by atoms with Crippen LogP contribution < -0.4 is 10.2 Å². The van der Waals surface area contributed by atoms with Gasteiger partial charge in [-0.25, -0.2) is 4.39 Å². The standard InChI is InChI=1S/C15H23FN2/c1-4-17-9-13-14(16)6-5-7-15(13)18(3)10-12-8-11(12)2/h5-7,11-12,17H,4,8-10H2,1-3H3. The number of benzene rings is 1. The molecule has 2 unspecified atom stereocenters. The van der Waals surface area contributed by atoms with Crippen LogP contribution in [0.1, 0.15) is 25.8 Å². The maximum atomic E-state index is 13.9. The average Bonchev–Trinajstić information content (AvgIpc) is 3.03. The maximum absolute atomic E-state index is 13.9. The lowest BCUT2D eigenvalue weighted by atomic mass is 10.1. The van der Waals surface area contributed by atoms with Gasteiger partial charge in [-0.2, -0.15) is 0 Å². The van der Waals surface area contributed by atoms with Gasteiger partial charge < -0.3 is 10.2 Å². The molecule has 2 rings (SSSR count). The highest BCUT2D eigenvalue weighted by Gasteiger charge is 2.33. The zero-order valence-corrected chi connectivity index (χ0v) is 11.5. The Morgan fingerprint density at radius 2 is 2.17 bits per heavy atom. The normalized spacial score (nSPS) is 22.0. The summed E-state index contributed by atoms with van der Waals surface area (Å²) in [4.78, 5) is 2.20. The van der Waals surface area contributed by atoms with Gasteiger partial charge in [-0.05, 0) is 36.9 Å². The first-order valence-electron chi connectivity index (χ1n) is 6.82. The summed E-state index contributed by atoms with van der Waals surface area (Å²) in [6, 6.07) is 5.36. The fourth-order valence-electron chi connectivity index (χ4n) is 2.43. The summed E-state index contributed by atoms with van der Waals surface area (Å²) >= 11 is 0. The van der Waals surface area contributed by atoms with E-state index >= 15 is 0 Å². The van der Waals surface area contributed by atoms with Crippen LogP contribution in [0.4, 0.5) is 10.1 Å². The lowest BCUT2D eigenvalue weighted by Gasteiger charge is -2.23. The number of hydrogen-bond acceptors (Lipinski definition) is 2. The molecule has 1 aliphatic rings. The molecule has 2 nitrogen and oxygen atoms in total. The predicted octanol–water partition coefficient (Wildman–Crippen LogP) is 3.03. The molecule has 0 aliphatic heterocycles. The smallest absolute Gasteiger partial charge is 0.129 e. The number of hydrogen-bond donors (Lipinski definition) is 1. The van der Waals surface area contributed by atoms with Crippen LogP contribution in [0.2, 0.25) is 0 Å². The number of nitrogens with one attached hydrogen (secondary N) is 1. The molecule has 0 saturated heterocycles. The Hall–Kier alpha value is -1.09. The number of nitrogens with zero attached hydrogens (tertiary/aromatic N) is 1. The van der Waals surface area contributed by atoms with E-state index in [1.54, 1.807) is 12.1 Å². The largest absolute Gasteiger partial charge is 0.374 e. The van der Waals surface area contributed by atoms with Crippen LogP contribution in [0.5, 0.6) is 0 Å². The molecule has 1 saturated carbocycles. The fourth-order valence-corrected chi connectivity index (χ4v) is 2.43. The van der Waals surface area contributed by atoms with E-state index in [1.165, 1.54) is 6.42 Å². The second-order valence-corrected chi connectivity index (χ2v) is 5.37. The van der Waals surface area contributed by atoms with Gasteiger partial charge in [0.15, 0.2) is 0 Å². The highest BCUT2D eigenvalue weighted by Crippen LogP contribution is 2.39. The van der Waals surface area contributed by atoms with Crippen LogP contribution in [0.25, 0.3) is 0 Å². The maximum Gasteiger partial charge on any atom is 0.129 e. The Balaban J connectivity index is 2.11. The Bertz CT molecular complexity index is 405. The molecule has 0 amide bonds. The van der Waals surface area contributed by atoms with E-state index in [9.17, 15) is 4.39 Å². The predicted molar refractivity (Wildman–Crippen MR) is 74.3 cm³/mol. The molecule has 0 spiro atoms. The minimum Gasteiger partial charge on any atom is -0.374 e. The molecule has 18 heavy (non-hydrogen) atoms. The van der Waals surface area contributed by atoms with Gasteiger partial charge in [0.2, 0.25) is 0 Å². The van der Waals surface area contributed by atoms with Crippen molar-refractivity contribution in [2.45, 2.75) is 26.8 Å². The number of anilines is 1. The molecular weight excluding hydrogens is 227 g/mol. The van der Waals surface area contributed by atoms with Gasteiger partial charge in [0.25, 0.3) is 0 Å². The van der Waals surface area contributed by atoms with Crippen molar-refractivity contribution in [3.63, 3.8) is 0 Å². The van der Waals surface area contributed by atoms with Gasteiger partial charge in [0, 0.05) is 31.4 Å². The first kappa shape index (κ1) is 13.3. The van der Waals surface area contributed by atoms with E-state index in [0.29, 0.717) is 6.54 Å². The van der Waals surface area contributed by atoms with E-state index in [0.717, 1.165) is 36.2 Å². The second-order valence-electron chi connectivity index (χ2n) is 5.37. The topological polar surface area (TPSA) is 15.3 Å². The Labute approximate surface area is 109 Å². The van der Waals surface area contributed by atoms with Crippen LogP contribution in [0, 0.1) is 17.7 Å². The van der Waals surface area contributed by atoms with Crippen LogP contribution in [0.3, 0.4) is 0 Å². The third-order valence-electron chi connectivity index (χ3n) is 3.84. The van der Waals surface area contributed by atoms with E-state index in [1.807, 2.05) is 13.0 Å². The quantitative estimate of drug-likeness (QED) is 0.835. The van der Waals surface area contributed by atoms with Crippen LogP contribution in [-0.2, 0) is 6.54 Å². The lowest BCUT2D eigenvalue weighted by Crippen LogP contribution is -2.24. The van der Waals surface area contributed by atoms with Crippen LogP contribution >= 0.6 is 0 Å². The zero-order valence-electron chi connectivity index (χ0n) is 11.5. The highest BCUT2D eigenvalue weighted by atomic mass is 19.1. The summed E-state index contributed by atoms with van der Waals surface area (Å²) in [5.74, 6) is 1.51. The van der Waals surface area contributed by atoms with Gasteiger partial charge in [0.05, 0.1) is 0 Å². The van der Waals surface area contributed by atoms with Crippen molar-refractivity contribution in [3.05, 3.63) is 29.6 Å². The molecule has 2 atom stereocenters. The van der Waals surface area contributed by atoms with Crippen LogP contribution in [-0.4, -0.2) is 20.1 Å². The van der Waals surface area contributed by atoms with Gasteiger partial charge in [-0.15, -0.1) is 0 Å². The summed E-state index contributed by atoms with van der Waals surface area (Å²) in [6.07, 6.45) is 1.31. The SMILES string of the molecule is CCNCc1c(F)cccc1N(C)CC1CC1C. The van der Waals surface area contributed by atoms with Gasteiger partial charge in [0.1, 0.15) is 5.82 Å². The molecule has 1 aliphatic carbocycles. The minimum absolute atomic E-state index is 0.107. The van der Waals surface area contributed by atoms with Crippen molar-refractivity contribution in [2.24, 2.45) is 11.8 Å². The Morgan fingerprint density at radius 3 is 2.78 bits per heavy atom. The van der Waals surface area contributed by atoms with Crippen molar-refractivity contribution in [1.82, 2.24) is 5.32 Å². The van der Waals surface area contributed by atoms with Gasteiger partial charge in [-0.1, -0.05) is 19.9 Å². The van der Waals surface area contributed by atoms with Gasteiger partial charge in [-0.3, -0.25) is 0 Å². The molecule has 1 aromatic rings. The first-order valence-corrected chi connectivity index (χ1v) is 6.82. The van der Waals surface area contributed by atoms with Gasteiger partial charge >= 0.3 is 0 Å². The molecule has 1 N–H and O–H groups in total. The summed E-state index contributed by atoms with van der Waals surface area (Å²) in [6.45, 7) is 6.81. The van der Waals surface area contributed by atoms with Crippen molar-refractivity contribution < 1.29 is 4.39 Å². The Kier molecular flexibility index (Phi) is 4.23. The van der Waals surface area contributed by atoms with E-state index in [4.69, 9.17) is 0 Å². The summed E-state index contributed by atoms with van der Waals surface area (Å²) in [5.41, 5.74) is 1.81. The van der Waals surface area contributed by atoms with Crippen molar-refractivity contribution in [1.29, 1.82) is 0 Å². The molecule has 1 aromatic carbocycles. The fraction of sp³-hybridized carbons (Fsp3) is 0.600. The van der Waals surface area contributed by atoms with E-state index in [2.05, 4.69) is 24.2 Å².